The van der Waals surface area contributed by atoms with Crippen LogP contribution in [0, 0.1) is 0 Å². The number of benzene rings is 8. The lowest BCUT2D eigenvalue weighted by Gasteiger charge is -2.19. The third kappa shape index (κ3) is 3.42. The first-order valence-corrected chi connectivity index (χ1v) is 14.6. The predicted molar refractivity (Wildman–Crippen MR) is 180 cm³/mol. The van der Waals surface area contributed by atoms with Crippen molar-refractivity contribution in [3.8, 4) is 55.6 Å². The molecule has 1 aliphatic rings. The average Bonchev–Trinajstić information content (AvgIpc) is 3.40. The fourth-order valence-corrected chi connectivity index (χ4v) is 7.06. The van der Waals surface area contributed by atoms with Crippen molar-refractivity contribution < 1.29 is 0 Å². The molecule has 9 rings (SSSR count). The minimum absolute atomic E-state index is 1.24. The molecule has 0 saturated carbocycles. The fourth-order valence-electron chi connectivity index (χ4n) is 7.06. The van der Waals surface area contributed by atoms with Crippen LogP contribution in [-0.4, -0.2) is 0 Å². The van der Waals surface area contributed by atoms with Crippen LogP contribution in [0.25, 0.3) is 88.0 Å². The van der Waals surface area contributed by atoms with Gasteiger partial charge in [-0.2, -0.15) is 0 Å². The zero-order valence-electron chi connectivity index (χ0n) is 23.0. The van der Waals surface area contributed by atoms with Crippen LogP contribution < -0.4 is 0 Å². The van der Waals surface area contributed by atoms with Gasteiger partial charge in [-0.1, -0.05) is 140 Å². The van der Waals surface area contributed by atoms with Crippen LogP contribution in [0.1, 0.15) is 0 Å². The normalized spacial score (nSPS) is 11.8. The fraction of sp³-hybridized carbons (Fsp3) is 0. The predicted octanol–water partition coefficient (Wildman–Crippen LogP) is 11.8. The van der Waals surface area contributed by atoms with E-state index in [0.717, 1.165) is 0 Å². The summed E-state index contributed by atoms with van der Waals surface area (Å²) in [5, 5.41) is 7.69. The van der Waals surface area contributed by atoms with Gasteiger partial charge in [0, 0.05) is 0 Å². The topological polar surface area (TPSA) is 0 Å². The van der Waals surface area contributed by atoms with E-state index in [-0.39, 0.29) is 0 Å². The van der Waals surface area contributed by atoms with E-state index < -0.39 is 0 Å². The Kier molecular flexibility index (Phi) is 5.00. The molecule has 0 aromatic heterocycles. The highest BCUT2D eigenvalue weighted by molar-refractivity contribution is 6.21. The minimum Gasteiger partial charge on any atom is -0.0622 e. The van der Waals surface area contributed by atoms with Gasteiger partial charge < -0.3 is 0 Å². The summed E-state index contributed by atoms with van der Waals surface area (Å²) in [6, 6.07) is 58.1. The summed E-state index contributed by atoms with van der Waals surface area (Å²) in [5.74, 6) is 0. The summed E-state index contributed by atoms with van der Waals surface area (Å²) >= 11 is 0. The van der Waals surface area contributed by atoms with Crippen LogP contribution in [0.3, 0.4) is 0 Å². The second-order valence-corrected chi connectivity index (χ2v) is 11.3. The number of hydrogen-bond acceptors (Lipinski definition) is 0. The van der Waals surface area contributed by atoms with Crippen LogP contribution in [0.4, 0.5) is 0 Å². The van der Waals surface area contributed by atoms with E-state index in [1.54, 1.807) is 0 Å². The van der Waals surface area contributed by atoms with Crippen LogP contribution in [-0.2, 0) is 0 Å². The third-order valence-electron chi connectivity index (χ3n) is 8.97. The molecule has 0 atom stereocenters. The van der Waals surface area contributed by atoms with E-state index in [1.165, 1.54) is 88.0 Å². The van der Waals surface area contributed by atoms with Crippen molar-refractivity contribution in [2.45, 2.75) is 0 Å². The Bertz CT molecular complexity index is 2340. The Morgan fingerprint density at radius 2 is 0.786 bits per heavy atom. The molecule has 194 valence electrons. The summed E-state index contributed by atoms with van der Waals surface area (Å²) in [5.41, 5.74) is 12.9. The van der Waals surface area contributed by atoms with Crippen molar-refractivity contribution in [1.82, 2.24) is 0 Å². The molecule has 0 fully saturated rings. The molecular weight excluding hydrogens is 504 g/mol. The molecule has 0 N–H and O–H groups in total. The van der Waals surface area contributed by atoms with Crippen molar-refractivity contribution in [2.75, 3.05) is 0 Å². The maximum absolute atomic E-state index is 2.39. The van der Waals surface area contributed by atoms with E-state index >= 15 is 0 Å². The van der Waals surface area contributed by atoms with Gasteiger partial charge in [-0.25, -0.2) is 0 Å². The van der Waals surface area contributed by atoms with Crippen molar-refractivity contribution in [3.63, 3.8) is 0 Å². The zero-order chi connectivity index (χ0) is 27.6. The second-order valence-electron chi connectivity index (χ2n) is 11.3. The second kappa shape index (κ2) is 9.03. The van der Waals surface area contributed by atoms with Crippen molar-refractivity contribution in [3.05, 3.63) is 158 Å². The molecule has 0 bridgehead atoms. The van der Waals surface area contributed by atoms with E-state index in [1.807, 2.05) is 0 Å². The van der Waals surface area contributed by atoms with Gasteiger partial charge in [0.15, 0.2) is 0 Å². The quantitative estimate of drug-likeness (QED) is 0.213. The van der Waals surface area contributed by atoms with Gasteiger partial charge in [-0.05, 0) is 106 Å². The zero-order valence-corrected chi connectivity index (χ0v) is 23.0. The standard InChI is InChI=1S/C42H26/c1-2-11-28(12-3-1)38-25-31-14-6-7-15-32(31)26-39(38)35-23-22-34(33-21-20-27-10-4-5-13-30(27)24-33)41-36-18-8-16-29-17-9-19-37(40(29)36)42(35)41/h1-26H. The third-order valence-corrected chi connectivity index (χ3v) is 8.97. The number of fused-ring (bicyclic) bond motifs is 5. The molecule has 8 aromatic rings. The molecular formula is C42H26. The van der Waals surface area contributed by atoms with Gasteiger partial charge in [0.1, 0.15) is 0 Å². The Hall–Kier alpha value is -5.46. The van der Waals surface area contributed by atoms with Crippen LogP contribution in [0.2, 0.25) is 0 Å². The summed E-state index contributed by atoms with van der Waals surface area (Å²) in [6.07, 6.45) is 0. The Labute approximate surface area is 245 Å². The SMILES string of the molecule is c1ccc(-c2cc3ccccc3cc2-c2ccc(-c3ccc4ccccc4c3)c3c2-c2cccc4cccc-3c24)cc1. The molecule has 0 unspecified atom stereocenters. The van der Waals surface area contributed by atoms with Crippen molar-refractivity contribution >= 4 is 32.3 Å². The van der Waals surface area contributed by atoms with E-state index in [0.29, 0.717) is 0 Å². The van der Waals surface area contributed by atoms with Gasteiger partial charge in [-0.3, -0.25) is 0 Å². The van der Waals surface area contributed by atoms with E-state index in [4.69, 9.17) is 0 Å². The molecule has 0 amide bonds. The van der Waals surface area contributed by atoms with Crippen molar-refractivity contribution in [2.24, 2.45) is 0 Å². The molecule has 0 radical (unpaired) electrons. The monoisotopic (exact) mass is 530 g/mol. The first kappa shape index (κ1) is 23.3. The maximum Gasteiger partial charge on any atom is -0.00137 e. The van der Waals surface area contributed by atoms with Gasteiger partial charge in [0.2, 0.25) is 0 Å². The largest absolute Gasteiger partial charge is 0.0622 e. The summed E-state index contributed by atoms with van der Waals surface area (Å²) in [6.45, 7) is 0. The lowest BCUT2D eigenvalue weighted by molar-refractivity contribution is 1.59. The molecule has 42 heavy (non-hydrogen) atoms. The Morgan fingerprint density at radius 3 is 1.50 bits per heavy atom. The first-order chi connectivity index (χ1) is 20.8. The van der Waals surface area contributed by atoms with Gasteiger partial charge in [0.05, 0.1) is 0 Å². The molecule has 0 aliphatic heterocycles. The molecule has 0 heteroatoms. The lowest BCUT2D eigenvalue weighted by Crippen LogP contribution is -1.92. The van der Waals surface area contributed by atoms with E-state index in [2.05, 4.69) is 158 Å². The minimum atomic E-state index is 1.24. The summed E-state index contributed by atoms with van der Waals surface area (Å²) in [4.78, 5) is 0. The smallest absolute Gasteiger partial charge is 0.00137 e. The molecule has 8 aromatic carbocycles. The van der Waals surface area contributed by atoms with Crippen molar-refractivity contribution in [1.29, 1.82) is 0 Å². The molecule has 1 aliphatic carbocycles. The van der Waals surface area contributed by atoms with Crippen LogP contribution in [0.15, 0.2) is 158 Å². The van der Waals surface area contributed by atoms with Gasteiger partial charge >= 0.3 is 0 Å². The van der Waals surface area contributed by atoms with Gasteiger partial charge in [0.25, 0.3) is 0 Å². The molecule has 0 spiro atoms. The summed E-state index contributed by atoms with van der Waals surface area (Å²) in [7, 11) is 0. The number of rotatable bonds is 3. The lowest BCUT2D eigenvalue weighted by atomic mass is 9.84. The highest BCUT2D eigenvalue weighted by Gasteiger charge is 2.28. The van der Waals surface area contributed by atoms with E-state index in [9.17, 15) is 0 Å². The maximum atomic E-state index is 2.39. The average molecular weight is 531 g/mol. The Balaban J connectivity index is 1.40. The number of hydrogen-bond donors (Lipinski definition) is 0. The Morgan fingerprint density at radius 1 is 0.238 bits per heavy atom. The van der Waals surface area contributed by atoms with Crippen LogP contribution in [0.5, 0.6) is 0 Å². The molecule has 0 saturated heterocycles. The highest BCUT2D eigenvalue weighted by Crippen LogP contribution is 2.55. The molecule has 0 nitrogen and oxygen atoms in total. The summed E-state index contributed by atoms with van der Waals surface area (Å²) < 4.78 is 0. The highest BCUT2D eigenvalue weighted by atomic mass is 14.3. The van der Waals surface area contributed by atoms with Crippen LogP contribution >= 0.6 is 0 Å². The van der Waals surface area contributed by atoms with Gasteiger partial charge in [-0.15, -0.1) is 0 Å². The first-order valence-electron chi connectivity index (χ1n) is 14.6. The molecule has 0 heterocycles.